The van der Waals surface area contributed by atoms with Gasteiger partial charge < -0.3 is 9.72 Å². The van der Waals surface area contributed by atoms with Crippen LogP contribution in [-0.4, -0.2) is 15.3 Å². The van der Waals surface area contributed by atoms with Crippen molar-refractivity contribution in [1.29, 1.82) is 0 Å². The summed E-state index contributed by atoms with van der Waals surface area (Å²) in [6.07, 6.45) is 3.66. The van der Waals surface area contributed by atoms with E-state index in [0.717, 1.165) is 16.9 Å². The van der Waals surface area contributed by atoms with E-state index in [4.69, 9.17) is 11.6 Å². The average molecular weight is 300 g/mol. The largest absolute Gasteiger partial charge is 0.348 e. The van der Waals surface area contributed by atoms with Crippen LogP contribution in [0.3, 0.4) is 0 Å². The van der Waals surface area contributed by atoms with Gasteiger partial charge in [-0.3, -0.25) is 4.79 Å². The van der Waals surface area contributed by atoms with E-state index < -0.39 is 0 Å². The molecule has 1 amide bonds. The standard InChI is InChI=1S/C16H14ClN3O/c1-11-9-20-10-13(6-7-15(20)19-11)16(21)18-8-12-4-2-3-5-14(12)17/h2-7,9-10H,8H2,1H3,(H,18,21). The molecule has 0 saturated carbocycles. The van der Waals surface area contributed by atoms with E-state index in [1.54, 1.807) is 12.3 Å². The fraction of sp³-hybridized carbons (Fsp3) is 0.125. The van der Waals surface area contributed by atoms with Gasteiger partial charge in [-0.1, -0.05) is 29.8 Å². The Morgan fingerprint density at radius 1 is 1.24 bits per heavy atom. The van der Waals surface area contributed by atoms with Crippen LogP contribution >= 0.6 is 11.6 Å². The molecule has 21 heavy (non-hydrogen) atoms. The van der Waals surface area contributed by atoms with Crippen LogP contribution in [0.5, 0.6) is 0 Å². The highest BCUT2D eigenvalue weighted by Gasteiger charge is 2.08. The minimum Gasteiger partial charge on any atom is -0.348 e. The second-order valence-corrected chi connectivity index (χ2v) is 5.25. The van der Waals surface area contributed by atoms with Crippen LogP contribution in [-0.2, 0) is 6.54 Å². The highest BCUT2D eigenvalue weighted by Crippen LogP contribution is 2.14. The molecule has 0 atom stereocenters. The maximum absolute atomic E-state index is 12.2. The van der Waals surface area contributed by atoms with Crippen molar-refractivity contribution < 1.29 is 4.79 Å². The lowest BCUT2D eigenvalue weighted by atomic mass is 10.2. The maximum atomic E-state index is 12.2. The third-order valence-corrected chi connectivity index (χ3v) is 3.60. The second kappa shape index (κ2) is 5.58. The normalized spacial score (nSPS) is 10.8. The van der Waals surface area contributed by atoms with Gasteiger partial charge in [0.05, 0.1) is 11.3 Å². The molecule has 0 aliphatic carbocycles. The first-order valence-electron chi connectivity index (χ1n) is 6.60. The molecule has 0 fully saturated rings. The van der Waals surface area contributed by atoms with Crippen molar-refractivity contribution in [2.24, 2.45) is 0 Å². The van der Waals surface area contributed by atoms with Crippen molar-refractivity contribution >= 4 is 23.2 Å². The lowest BCUT2D eigenvalue weighted by molar-refractivity contribution is 0.0950. The van der Waals surface area contributed by atoms with E-state index in [1.165, 1.54) is 0 Å². The number of fused-ring (bicyclic) bond motifs is 1. The van der Waals surface area contributed by atoms with Gasteiger partial charge >= 0.3 is 0 Å². The number of carbonyl (C=O) groups excluding carboxylic acids is 1. The first kappa shape index (κ1) is 13.6. The van der Waals surface area contributed by atoms with Gasteiger partial charge in [-0.05, 0) is 30.7 Å². The van der Waals surface area contributed by atoms with Gasteiger partial charge in [-0.25, -0.2) is 4.98 Å². The number of pyridine rings is 1. The third-order valence-electron chi connectivity index (χ3n) is 3.23. The molecule has 0 saturated heterocycles. The molecule has 0 spiro atoms. The molecule has 0 unspecified atom stereocenters. The minimum absolute atomic E-state index is 0.136. The zero-order valence-corrected chi connectivity index (χ0v) is 12.3. The predicted octanol–water partition coefficient (Wildman–Crippen LogP) is 3.23. The summed E-state index contributed by atoms with van der Waals surface area (Å²) >= 11 is 6.07. The Morgan fingerprint density at radius 3 is 2.86 bits per heavy atom. The van der Waals surface area contributed by atoms with Crippen LogP contribution in [0, 0.1) is 6.92 Å². The predicted molar refractivity (Wildman–Crippen MR) is 82.6 cm³/mol. The lowest BCUT2D eigenvalue weighted by Crippen LogP contribution is -2.23. The highest BCUT2D eigenvalue weighted by molar-refractivity contribution is 6.31. The molecule has 3 aromatic rings. The molecular weight excluding hydrogens is 286 g/mol. The third kappa shape index (κ3) is 2.90. The Morgan fingerprint density at radius 2 is 2.05 bits per heavy atom. The number of aromatic nitrogens is 2. The number of rotatable bonds is 3. The highest BCUT2D eigenvalue weighted by atomic mass is 35.5. The molecule has 3 rings (SSSR count). The number of nitrogens with one attached hydrogen (secondary N) is 1. The van der Waals surface area contributed by atoms with Gasteiger partial charge in [0.15, 0.2) is 0 Å². The number of imidazole rings is 1. The SMILES string of the molecule is Cc1cn2cc(C(=O)NCc3ccccc3Cl)ccc2n1. The summed E-state index contributed by atoms with van der Waals surface area (Å²) in [5.74, 6) is -0.136. The summed E-state index contributed by atoms with van der Waals surface area (Å²) in [6.45, 7) is 2.32. The van der Waals surface area contributed by atoms with Crippen LogP contribution in [0.25, 0.3) is 5.65 Å². The van der Waals surface area contributed by atoms with E-state index in [-0.39, 0.29) is 5.91 Å². The molecule has 106 valence electrons. The van der Waals surface area contributed by atoms with E-state index in [9.17, 15) is 4.79 Å². The number of nitrogens with zero attached hydrogens (tertiary/aromatic N) is 2. The van der Waals surface area contributed by atoms with Crippen molar-refractivity contribution in [1.82, 2.24) is 14.7 Å². The maximum Gasteiger partial charge on any atom is 0.253 e. The van der Waals surface area contributed by atoms with E-state index >= 15 is 0 Å². The molecule has 2 aromatic heterocycles. The Bertz CT molecular complexity index is 810. The van der Waals surface area contributed by atoms with Crippen molar-refractivity contribution in [3.05, 3.63) is 70.6 Å². The Kier molecular flexibility index (Phi) is 3.62. The quantitative estimate of drug-likeness (QED) is 0.807. The van der Waals surface area contributed by atoms with Gasteiger partial charge in [0.2, 0.25) is 0 Å². The smallest absolute Gasteiger partial charge is 0.253 e. The zero-order chi connectivity index (χ0) is 14.8. The number of aryl methyl sites for hydroxylation is 1. The Hall–Kier alpha value is -2.33. The van der Waals surface area contributed by atoms with Gasteiger partial charge in [0.25, 0.3) is 5.91 Å². The number of carbonyl (C=O) groups is 1. The van der Waals surface area contributed by atoms with Crippen molar-refractivity contribution in [3.63, 3.8) is 0 Å². The molecule has 0 aliphatic rings. The summed E-state index contributed by atoms with van der Waals surface area (Å²) in [7, 11) is 0. The molecule has 1 aromatic carbocycles. The fourth-order valence-corrected chi connectivity index (χ4v) is 2.37. The van der Waals surface area contributed by atoms with Crippen LogP contribution < -0.4 is 5.32 Å². The van der Waals surface area contributed by atoms with E-state index in [2.05, 4.69) is 10.3 Å². The summed E-state index contributed by atoms with van der Waals surface area (Å²) in [5.41, 5.74) is 3.23. The van der Waals surface area contributed by atoms with Gasteiger partial charge in [0.1, 0.15) is 5.65 Å². The van der Waals surface area contributed by atoms with Crippen LogP contribution in [0.4, 0.5) is 0 Å². The van der Waals surface area contributed by atoms with Gasteiger partial charge in [-0.15, -0.1) is 0 Å². The number of hydrogen-bond donors (Lipinski definition) is 1. The molecular formula is C16H14ClN3O. The molecule has 2 heterocycles. The number of benzene rings is 1. The number of amides is 1. The van der Waals surface area contributed by atoms with Gasteiger partial charge in [0, 0.05) is 24.0 Å². The number of halogens is 1. The van der Waals surface area contributed by atoms with E-state index in [1.807, 2.05) is 47.9 Å². The van der Waals surface area contributed by atoms with Gasteiger partial charge in [-0.2, -0.15) is 0 Å². The molecule has 0 aliphatic heterocycles. The summed E-state index contributed by atoms with van der Waals surface area (Å²) in [4.78, 5) is 16.5. The fourth-order valence-electron chi connectivity index (χ4n) is 2.17. The molecule has 5 heteroatoms. The molecule has 4 nitrogen and oxygen atoms in total. The summed E-state index contributed by atoms with van der Waals surface area (Å²) < 4.78 is 1.85. The lowest BCUT2D eigenvalue weighted by Gasteiger charge is -2.07. The Labute approximate surface area is 127 Å². The van der Waals surface area contributed by atoms with Crippen LogP contribution in [0.15, 0.2) is 48.8 Å². The monoisotopic (exact) mass is 299 g/mol. The first-order chi connectivity index (χ1) is 10.1. The van der Waals surface area contributed by atoms with E-state index in [0.29, 0.717) is 17.1 Å². The number of hydrogen-bond acceptors (Lipinski definition) is 2. The molecule has 0 radical (unpaired) electrons. The molecule has 0 bridgehead atoms. The Balaban J connectivity index is 1.76. The average Bonchev–Trinajstić information content (AvgIpc) is 2.85. The van der Waals surface area contributed by atoms with Crippen LogP contribution in [0.1, 0.15) is 21.6 Å². The summed E-state index contributed by atoms with van der Waals surface area (Å²) in [5, 5.41) is 3.52. The first-order valence-corrected chi connectivity index (χ1v) is 6.98. The summed E-state index contributed by atoms with van der Waals surface area (Å²) in [6, 6.07) is 11.1. The van der Waals surface area contributed by atoms with Crippen LogP contribution in [0.2, 0.25) is 5.02 Å². The van der Waals surface area contributed by atoms with Crippen molar-refractivity contribution in [2.75, 3.05) is 0 Å². The minimum atomic E-state index is -0.136. The topological polar surface area (TPSA) is 46.4 Å². The zero-order valence-electron chi connectivity index (χ0n) is 11.5. The van der Waals surface area contributed by atoms with Crippen molar-refractivity contribution in [2.45, 2.75) is 13.5 Å². The second-order valence-electron chi connectivity index (χ2n) is 4.84. The van der Waals surface area contributed by atoms with Crippen molar-refractivity contribution in [3.8, 4) is 0 Å². The molecule has 1 N–H and O–H groups in total.